The van der Waals surface area contributed by atoms with Crippen LogP contribution in [0.15, 0.2) is 12.3 Å². The molecule has 0 radical (unpaired) electrons. The monoisotopic (exact) mass is 316 g/mol. The Kier molecular flexibility index (Phi) is 4.57. The van der Waals surface area contributed by atoms with E-state index in [-0.39, 0.29) is 11.4 Å². The maximum atomic E-state index is 12.9. The number of hydrogen-bond acceptors (Lipinski definition) is 3. The SMILES string of the molecule is Cc1cc(NC(=O)N2CCCCC2C2(CN)CCC2)c(C)cn1. The first-order valence-corrected chi connectivity index (χ1v) is 8.77. The summed E-state index contributed by atoms with van der Waals surface area (Å²) in [4.78, 5) is 19.2. The highest BCUT2D eigenvalue weighted by atomic mass is 16.2. The summed E-state index contributed by atoms with van der Waals surface area (Å²) < 4.78 is 0. The van der Waals surface area contributed by atoms with Crippen molar-refractivity contribution in [2.75, 3.05) is 18.4 Å². The number of amides is 2. The van der Waals surface area contributed by atoms with Crippen LogP contribution in [0.4, 0.5) is 10.5 Å². The normalized spacial score (nSPS) is 23.3. The number of hydrogen-bond donors (Lipinski definition) is 2. The number of carbonyl (C=O) groups excluding carboxylic acids is 1. The van der Waals surface area contributed by atoms with Gasteiger partial charge in [-0.3, -0.25) is 4.98 Å². The molecule has 3 rings (SSSR count). The topological polar surface area (TPSA) is 71.2 Å². The molecule has 2 fully saturated rings. The number of aryl methyl sites for hydroxylation is 2. The van der Waals surface area contributed by atoms with Crippen molar-refractivity contribution in [1.82, 2.24) is 9.88 Å². The van der Waals surface area contributed by atoms with Crippen molar-refractivity contribution in [3.8, 4) is 0 Å². The fourth-order valence-corrected chi connectivity index (χ4v) is 4.07. The second-order valence-electron chi connectivity index (χ2n) is 7.20. The van der Waals surface area contributed by atoms with E-state index >= 15 is 0 Å². The first-order chi connectivity index (χ1) is 11.1. The molecule has 1 aliphatic carbocycles. The highest BCUT2D eigenvalue weighted by Crippen LogP contribution is 2.47. The molecule has 0 bridgehead atoms. The van der Waals surface area contributed by atoms with E-state index in [1.165, 1.54) is 12.8 Å². The molecule has 0 aromatic carbocycles. The predicted molar refractivity (Wildman–Crippen MR) is 92.4 cm³/mol. The number of nitrogens with zero attached hydrogens (tertiary/aromatic N) is 2. The van der Waals surface area contributed by atoms with Crippen molar-refractivity contribution in [2.45, 2.75) is 58.4 Å². The van der Waals surface area contributed by atoms with Gasteiger partial charge in [-0.15, -0.1) is 0 Å². The van der Waals surface area contributed by atoms with Gasteiger partial charge in [0.05, 0.1) is 0 Å². The zero-order valence-corrected chi connectivity index (χ0v) is 14.3. The van der Waals surface area contributed by atoms with Gasteiger partial charge < -0.3 is 16.0 Å². The van der Waals surface area contributed by atoms with Gasteiger partial charge in [0.25, 0.3) is 0 Å². The summed E-state index contributed by atoms with van der Waals surface area (Å²) >= 11 is 0. The Labute approximate surface area is 138 Å². The highest BCUT2D eigenvalue weighted by molar-refractivity contribution is 5.90. The molecule has 1 aromatic heterocycles. The van der Waals surface area contributed by atoms with E-state index in [2.05, 4.69) is 10.3 Å². The lowest BCUT2D eigenvalue weighted by molar-refractivity contribution is 0.00733. The summed E-state index contributed by atoms with van der Waals surface area (Å²) in [5.41, 5.74) is 9.02. The average molecular weight is 316 g/mol. The van der Waals surface area contributed by atoms with Crippen LogP contribution in [0, 0.1) is 19.3 Å². The third-order valence-electron chi connectivity index (χ3n) is 5.71. The number of carbonyl (C=O) groups is 1. The van der Waals surface area contributed by atoms with Gasteiger partial charge in [-0.2, -0.15) is 0 Å². The van der Waals surface area contributed by atoms with Crippen molar-refractivity contribution in [3.05, 3.63) is 23.5 Å². The van der Waals surface area contributed by atoms with Crippen molar-refractivity contribution in [2.24, 2.45) is 11.1 Å². The fraction of sp³-hybridized carbons (Fsp3) is 0.667. The lowest BCUT2D eigenvalue weighted by Gasteiger charge is -2.53. The zero-order chi connectivity index (χ0) is 16.4. The Balaban J connectivity index is 1.77. The van der Waals surface area contributed by atoms with E-state index in [1.807, 2.05) is 31.0 Å². The van der Waals surface area contributed by atoms with Crippen LogP contribution in [-0.4, -0.2) is 35.0 Å². The Morgan fingerprint density at radius 2 is 2.17 bits per heavy atom. The number of urea groups is 1. The summed E-state index contributed by atoms with van der Waals surface area (Å²) in [6, 6.07) is 2.25. The molecule has 1 aliphatic heterocycles. The van der Waals surface area contributed by atoms with E-state index in [1.54, 1.807) is 0 Å². The molecule has 1 unspecified atom stereocenters. The van der Waals surface area contributed by atoms with Gasteiger partial charge in [-0.1, -0.05) is 6.42 Å². The number of nitrogens with two attached hydrogens (primary N) is 1. The van der Waals surface area contributed by atoms with E-state index < -0.39 is 0 Å². The third-order valence-corrected chi connectivity index (χ3v) is 5.71. The standard InChI is InChI=1S/C18H28N4O/c1-13-11-20-14(2)10-15(13)21-17(23)22-9-4-3-6-16(22)18(12-19)7-5-8-18/h10-11,16H,3-9,12,19H2,1-2H3,(H,20,21,23). The molecule has 0 spiro atoms. The minimum absolute atomic E-state index is 0.0168. The molecule has 5 heteroatoms. The Bertz CT molecular complexity index is 577. The van der Waals surface area contributed by atoms with E-state index in [9.17, 15) is 4.79 Å². The molecule has 1 saturated carbocycles. The fourth-order valence-electron chi connectivity index (χ4n) is 4.07. The predicted octanol–water partition coefficient (Wildman–Crippen LogP) is 3.21. The van der Waals surface area contributed by atoms with E-state index in [0.29, 0.717) is 12.6 Å². The zero-order valence-electron chi connectivity index (χ0n) is 14.3. The van der Waals surface area contributed by atoms with Gasteiger partial charge in [0.2, 0.25) is 0 Å². The van der Waals surface area contributed by atoms with Crippen molar-refractivity contribution in [3.63, 3.8) is 0 Å². The third kappa shape index (κ3) is 3.07. The van der Waals surface area contributed by atoms with Gasteiger partial charge in [-0.05, 0) is 64.1 Å². The molecule has 1 saturated heterocycles. The molecule has 5 nitrogen and oxygen atoms in total. The molecular weight excluding hydrogens is 288 g/mol. The molecule has 3 N–H and O–H groups in total. The number of anilines is 1. The van der Waals surface area contributed by atoms with Crippen molar-refractivity contribution < 1.29 is 4.79 Å². The molecule has 2 aliphatic rings. The Morgan fingerprint density at radius 1 is 1.39 bits per heavy atom. The van der Waals surface area contributed by atoms with Crippen LogP contribution in [0.5, 0.6) is 0 Å². The van der Waals surface area contributed by atoms with Gasteiger partial charge in [0.15, 0.2) is 0 Å². The van der Waals surface area contributed by atoms with E-state index in [0.717, 1.165) is 49.2 Å². The van der Waals surface area contributed by atoms with E-state index in [4.69, 9.17) is 5.73 Å². The summed E-state index contributed by atoms with van der Waals surface area (Å²) in [5, 5.41) is 3.10. The summed E-state index contributed by atoms with van der Waals surface area (Å²) in [6.07, 6.45) is 8.73. The molecule has 2 amide bonds. The van der Waals surface area contributed by atoms with Crippen LogP contribution < -0.4 is 11.1 Å². The van der Waals surface area contributed by atoms with Crippen LogP contribution >= 0.6 is 0 Å². The Hall–Kier alpha value is -1.62. The van der Waals surface area contributed by atoms with Gasteiger partial charge in [0.1, 0.15) is 0 Å². The summed E-state index contributed by atoms with van der Waals surface area (Å²) in [7, 11) is 0. The minimum atomic E-state index is 0.0168. The van der Waals surface area contributed by atoms with Crippen LogP contribution in [0.2, 0.25) is 0 Å². The van der Waals surface area contributed by atoms with Crippen LogP contribution in [0.1, 0.15) is 49.8 Å². The van der Waals surface area contributed by atoms with Crippen LogP contribution in [0.3, 0.4) is 0 Å². The number of rotatable bonds is 3. The first kappa shape index (κ1) is 16.2. The molecule has 2 heterocycles. The summed E-state index contributed by atoms with van der Waals surface area (Å²) in [6.45, 7) is 5.44. The second-order valence-corrected chi connectivity index (χ2v) is 7.20. The smallest absolute Gasteiger partial charge is 0.322 e. The van der Waals surface area contributed by atoms with Crippen LogP contribution in [-0.2, 0) is 0 Å². The maximum Gasteiger partial charge on any atom is 0.322 e. The molecule has 23 heavy (non-hydrogen) atoms. The molecule has 1 atom stereocenters. The number of aromatic nitrogens is 1. The van der Waals surface area contributed by atoms with Gasteiger partial charge in [-0.25, -0.2) is 4.79 Å². The quantitative estimate of drug-likeness (QED) is 0.899. The molecule has 126 valence electrons. The molecular formula is C18H28N4O. The highest BCUT2D eigenvalue weighted by Gasteiger charge is 2.47. The van der Waals surface area contributed by atoms with Gasteiger partial charge >= 0.3 is 6.03 Å². The first-order valence-electron chi connectivity index (χ1n) is 8.77. The minimum Gasteiger partial charge on any atom is -0.330 e. The lowest BCUT2D eigenvalue weighted by Crippen LogP contribution is -2.59. The van der Waals surface area contributed by atoms with Gasteiger partial charge in [0, 0.05) is 35.6 Å². The number of pyridine rings is 1. The van der Waals surface area contributed by atoms with Crippen molar-refractivity contribution >= 4 is 11.7 Å². The lowest BCUT2D eigenvalue weighted by atomic mass is 9.62. The summed E-state index contributed by atoms with van der Waals surface area (Å²) in [5.74, 6) is 0. The van der Waals surface area contributed by atoms with Crippen LogP contribution in [0.25, 0.3) is 0 Å². The number of nitrogens with one attached hydrogen (secondary N) is 1. The largest absolute Gasteiger partial charge is 0.330 e. The average Bonchev–Trinajstić information content (AvgIpc) is 2.51. The maximum absolute atomic E-state index is 12.9. The molecule has 1 aromatic rings. The number of piperidine rings is 1. The van der Waals surface area contributed by atoms with Crippen molar-refractivity contribution in [1.29, 1.82) is 0 Å². The Morgan fingerprint density at radius 3 is 2.83 bits per heavy atom. The number of likely N-dealkylation sites (tertiary alicyclic amines) is 1. The second kappa shape index (κ2) is 6.48.